The van der Waals surface area contributed by atoms with Gasteiger partial charge in [0.25, 0.3) is 0 Å². The first-order valence-corrected chi connectivity index (χ1v) is 5.98. The van der Waals surface area contributed by atoms with E-state index in [0.717, 1.165) is 15.6 Å². The summed E-state index contributed by atoms with van der Waals surface area (Å²) >= 11 is 6.73. The highest BCUT2D eigenvalue weighted by Gasteiger charge is 2.12. The first kappa shape index (κ1) is 11.2. The van der Waals surface area contributed by atoms with E-state index < -0.39 is 6.10 Å². The third-order valence-electron chi connectivity index (χ3n) is 1.96. The molecule has 0 spiro atoms. The van der Waals surface area contributed by atoms with Gasteiger partial charge in [-0.15, -0.1) is 0 Å². The first-order valence-electron chi connectivity index (χ1n) is 4.07. The number of hydrogen-bond acceptors (Lipinski definition) is 1. The second-order valence-electron chi connectivity index (χ2n) is 3.15. The normalized spacial score (nSPS) is 13.0. The van der Waals surface area contributed by atoms with Gasteiger partial charge in [0.15, 0.2) is 0 Å². The maximum Gasteiger partial charge on any atom is 0.0900 e. The van der Waals surface area contributed by atoms with Crippen LogP contribution in [0.25, 0.3) is 0 Å². The van der Waals surface area contributed by atoms with Crippen LogP contribution in [0.5, 0.6) is 0 Å². The standard InChI is InChI=1S/C10H12Br2O/c1-6-3-7(2)10(8(12)4-6)9(13)5-11/h3-4,9,13H,5H2,1-2H3. The Hall–Kier alpha value is 0.140. The van der Waals surface area contributed by atoms with Crippen molar-refractivity contribution in [2.75, 3.05) is 5.33 Å². The number of rotatable bonds is 2. The Morgan fingerprint density at radius 3 is 2.46 bits per heavy atom. The number of benzene rings is 1. The molecular formula is C10H12Br2O. The van der Waals surface area contributed by atoms with Gasteiger partial charge in [-0.05, 0) is 36.6 Å². The molecule has 0 amide bonds. The fraction of sp³-hybridized carbons (Fsp3) is 0.400. The number of alkyl halides is 1. The summed E-state index contributed by atoms with van der Waals surface area (Å²) in [4.78, 5) is 0. The van der Waals surface area contributed by atoms with E-state index in [2.05, 4.69) is 37.9 Å². The van der Waals surface area contributed by atoms with E-state index >= 15 is 0 Å². The van der Waals surface area contributed by atoms with Crippen LogP contribution in [-0.2, 0) is 0 Å². The summed E-state index contributed by atoms with van der Waals surface area (Å²) in [5, 5.41) is 10.3. The monoisotopic (exact) mass is 306 g/mol. The number of aryl methyl sites for hydroxylation is 2. The van der Waals surface area contributed by atoms with Crippen LogP contribution in [-0.4, -0.2) is 10.4 Å². The van der Waals surface area contributed by atoms with Crippen molar-refractivity contribution in [1.82, 2.24) is 0 Å². The Labute approximate surface area is 95.4 Å². The molecule has 0 saturated carbocycles. The Morgan fingerprint density at radius 2 is 2.00 bits per heavy atom. The van der Waals surface area contributed by atoms with Crippen LogP contribution in [0.2, 0.25) is 0 Å². The second-order valence-corrected chi connectivity index (χ2v) is 4.65. The molecule has 0 aromatic heterocycles. The van der Waals surface area contributed by atoms with Gasteiger partial charge in [-0.2, -0.15) is 0 Å². The van der Waals surface area contributed by atoms with Gasteiger partial charge < -0.3 is 5.11 Å². The van der Waals surface area contributed by atoms with E-state index in [9.17, 15) is 5.11 Å². The highest BCUT2D eigenvalue weighted by molar-refractivity contribution is 9.10. The lowest BCUT2D eigenvalue weighted by molar-refractivity contribution is 0.204. The largest absolute Gasteiger partial charge is 0.387 e. The van der Waals surface area contributed by atoms with Crippen molar-refractivity contribution in [2.24, 2.45) is 0 Å². The maximum atomic E-state index is 9.70. The summed E-state index contributed by atoms with van der Waals surface area (Å²) < 4.78 is 0.983. The summed E-state index contributed by atoms with van der Waals surface area (Å²) in [6.07, 6.45) is -0.435. The van der Waals surface area contributed by atoms with Crippen LogP contribution in [0.3, 0.4) is 0 Å². The van der Waals surface area contributed by atoms with E-state index in [1.165, 1.54) is 5.56 Å². The third kappa shape index (κ3) is 2.55. The lowest BCUT2D eigenvalue weighted by Gasteiger charge is -2.14. The van der Waals surface area contributed by atoms with E-state index in [0.29, 0.717) is 5.33 Å². The van der Waals surface area contributed by atoms with Crippen molar-refractivity contribution in [3.05, 3.63) is 33.3 Å². The van der Waals surface area contributed by atoms with Crippen LogP contribution in [0.1, 0.15) is 22.8 Å². The van der Waals surface area contributed by atoms with Gasteiger partial charge in [0.05, 0.1) is 6.10 Å². The number of halogens is 2. The Balaban J connectivity index is 3.20. The molecule has 0 saturated heterocycles. The average molecular weight is 308 g/mol. The molecule has 1 unspecified atom stereocenters. The van der Waals surface area contributed by atoms with Crippen LogP contribution in [0, 0.1) is 13.8 Å². The molecule has 1 aromatic carbocycles. The van der Waals surface area contributed by atoms with E-state index in [4.69, 9.17) is 0 Å². The molecule has 1 rings (SSSR count). The average Bonchev–Trinajstić information content (AvgIpc) is 2.02. The highest BCUT2D eigenvalue weighted by Crippen LogP contribution is 2.29. The molecule has 3 heteroatoms. The Morgan fingerprint density at radius 1 is 1.38 bits per heavy atom. The molecule has 0 aliphatic heterocycles. The predicted molar refractivity (Wildman–Crippen MR) is 62.4 cm³/mol. The molecule has 0 radical (unpaired) electrons. The van der Waals surface area contributed by atoms with Crippen LogP contribution in [0.15, 0.2) is 16.6 Å². The molecule has 0 bridgehead atoms. The molecule has 1 atom stereocenters. The molecule has 1 N–H and O–H groups in total. The molecule has 1 aromatic rings. The zero-order chi connectivity index (χ0) is 10.0. The molecule has 0 aliphatic rings. The zero-order valence-electron chi connectivity index (χ0n) is 7.64. The zero-order valence-corrected chi connectivity index (χ0v) is 10.8. The van der Waals surface area contributed by atoms with Crippen molar-refractivity contribution in [3.8, 4) is 0 Å². The van der Waals surface area contributed by atoms with Crippen molar-refractivity contribution >= 4 is 31.9 Å². The van der Waals surface area contributed by atoms with Crippen molar-refractivity contribution in [2.45, 2.75) is 20.0 Å². The Kier molecular flexibility index (Phi) is 3.95. The Bertz CT molecular complexity index is 287. The minimum atomic E-state index is -0.435. The number of hydrogen-bond donors (Lipinski definition) is 1. The molecule has 0 aliphatic carbocycles. The first-order chi connectivity index (χ1) is 6.06. The van der Waals surface area contributed by atoms with Crippen molar-refractivity contribution in [3.63, 3.8) is 0 Å². The fourth-order valence-electron chi connectivity index (χ4n) is 1.43. The van der Waals surface area contributed by atoms with Crippen LogP contribution >= 0.6 is 31.9 Å². The molecule has 1 nitrogen and oxygen atoms in total. The minimum absolute atomic E-state index is 0.435. The van der Waals surface area contributed by atoms with Gasteiger partial charge >= 0.3 is 0 Å². The summed E-state index contributed by atoms with van der Waals surface area (Å²) in [5.74, 6) is 0. The van der Waals surface area contributed by atoms with E-state index in [1.54, 1.807) is 0 Å². The molecule has 0 heterocycles. The van der Waals surface area contributed by atoms with Crippen LogP contribution in [0.4, 0.5) is 0 Å². The topological polar surface area (TPSA) is 20.2 Å². The lowest BCUT2D eigenvalue weighted by atomic mass is 10.0. The van der Waals surface area contributed by atoms with E-state index in [-0.39, 0.29) is 0 Å². The van der Waals surface area contributed by atoms with Crippen molar-refractivity contribution < 1.29 is 5.11 Å². The summed E-state index contributed by atoms with van der Waals surface area (Å²) in [7, 11) is 0. The highest BCUT2D eigenvalue weighted by atomic mass is 79.9. The minimum Gasteiger partial charge on any atom is -0.387 e. The van der Waals surface area contributed by atoms with Gasteiger partial charge in [-0.25, -0.2) is 0 Å². The predicted octanol–water partition coefficient (Wildman–Crippen LogP) is 3.49. The van der Waals surface area contributed by atoms with Gasteiger partial charge in [0.2, 0.25) is 0 Å². The summed E-state index contributed by atoms with van der Waals surface area (Å²) in [5.41, 5.74) is 3.30. The van der Waals surface area contributed by atoms with Crippen LogP contribution < -0.4 is 0 Å². The molecule has 13 heavy (non-hydrogen) atoms. The second kappa shape index (κ2) is 4.58. The third-order valence-corrected chi connectivity index (χ3v) is 3.23. The SMILES string of the molecule is Cc1cc(C)c(C(O)CBr)c(Br)c1. The summed E-state index contributed by atoms with van der Waals surface area (Å²) in [6, 6.07) is 4.10. The summed E-state index contributed by atoms with van der Waals surface area (Å²) in [6.45, 7) is 4.06. The molecular weight excluding hydrogens is 296 g/mol. The number of aliphatic hydroxyl groups is 1. The fourth-order valence-corrected chi connectivity index (χ4v) is 2.69. The van der Waals surface area contributed by atoms with Gasteiger partial charge in [-0.1, -0.05) is 37.9 Å². The molecule has 72 valence electrons. The maximum absolute atomic E-state index is 9.70. The molecule has 0 fully saturated rings. The van der Waals surface area contributed by atoms with E-state index in [1.807, 2.05) is 19.9 Å². The van der Waals surface area contributed by atoms with Gasteiger partial charge in [0.1, 0.15) is 0 Å². The quantitative estimate of drug-likeness (QED) is 0.829. The van der Waals surface area contributed by atoms with Gasteiger partial charge in [0, 0.05) is 9.80 Å². The number of aliphatic hydroxyl groups excluding tert-OH is 1. The van der Waals surface area contributed by atoms with Gasteiger partial charge in [-0.3, -0.25) is 0 Å². The smallest absolute Gasteiger partial charge is 0.0900 e. The lowest BCUT2D eigenvalue weighted by Crippen LogP contribution is -2.02. The van der Waals surface area contributed by atoms with Crippen molar-refractivity contribution in [1.29, 1.82) is 0 Å².